The average Bonchev–Trinajstić information content (AvgIpc) is 2.32. The number of para-hydroxylation sites is 1. The van der Waals surface area contributed by atoms with E-state index in [1.165, 1.54) is 6.07 Å². The molecule has 16 heavy (non-hydrogen) atoms. The molecular formula is C13H11NO2. The van der Waals surface area contributed by atoms with Gasteiger partial charge in [-0.1, -0.05) is 36.4 Å². The van der Waals surface area contributed by atoms with Crippen molar-refractivity contribution in [3.05, 3.63) is 54.1 Å². The second-order valence-electron chi connectivity index (χ2n) is 3.31. The lowest BCUT2D eigenvalue weighted by Crippen LogP contribution is -1.78. The van der Waals surface area contributed by atoms with Gasteiger partial charge in [0, 0.05) is 6.21 Å². The molecule has 0 fully saturated rings. The van der Waals surface area contributed by atoms with Crippen LogP contribution in [0.2, 0.25) is 0 Å². The van der Waals surface area contributed by atoms with Crippen LogP contribution in [0.1, 0.15) is 5.56 Å². The zero-order valence-corrected chi connectivity index (χ0v) is 8.54. The lowest BCUT2D eigenvalue weighted by molar-refractivity contribution is 0.405. The Labute approximate surface area is 93.3 Å². The van der Waals surface area contributed by atoms with E-state index in [2.05, 4.69) is 4.99 Å². The van der Waals surface area contributed by atoms with Crippen molar-refractivity contribution < 1.29 is 10.2 Å². The van der Waals surface area contributed by atoms with Crippen molar-refractivity contribution in [2.45, 2.75) is 0 Å². The van der Waals surface area contributed by atoms with Crippen molar-refractivity contribution in [2.24, 2.45) is 4.99 Å². The summed E-state index contributed by atoms with van der Waals surface area (Å²) in [5.41, 5.74) is 1.29. The summed E-state index contributed by atoms with van der Waals surface area (Å²) in [6.45, 7) is 0. The molecule has 2 aromatic carbocycles. The van der Waals surface area contributed by atoms with Crippen molar-refractivity contribution in [2.75, 3.05) is 0 Å². The van der Waals surface area contributed by atoms with Gasteiger partial charge in [-0.2, -0.15) is 0 Å². The van der Waals surface area contributed by atoms with Crippen LogP contribution < -0.4 is 0 Å². The first kappa shape index (κ1) is 10.2. The first-order valence-corrected chi connectivity index (χ1v) is 4.87. The summed E-state index contributed by atoms with van der Waals surface area (Å²) in [5, 5.41) is 18.8. The van der Waals surface area contributed by atoms with Crippen molar-refractivity contribution in [3.8, 4) is 11.5 Å². The van der Waals surface area contributed by atoms with Gasteiger partial charge in [-0.25, -0.2) is 0 Å². The van der Waals surface area contributed by atoms with Crippen molar-refractivity contribution in [1.82, 2.24) is 0 Å². The Kier molecular flexibility index (Phi) is 2.87. The highest BCUT2D eigenvalue weighted by Gasteiger charge is 2.02. The van der Waals surface area contributed by atoms with Crippen molar-refractivity contribution in [1.29, 1.82) is 0 Å². The van der Waals surface area contributed by atoms with Crippen molar-refractivity contribution >= 4 is 11.9 Å². The van der Waals surface area contributed by atoms with Crippen LogP contribution in [-0.2, 0) is 0 Å². The summed E-state index contributed by atoms with van der Waals surface area (Å²) in [5.74, 6) is -0.364. The van der Waals surface area contributed by atoms with E-state index < -0.39 is 0 Å². The lowest BCUT2D eigenvalue weighted by atomic mass is 10.2. The second-order valence-corrected chi connectivity index (χ2v) is 3.31. The van der Waals surface area contributed by atoms with Crippen LogP contribution >= 0.6 is 0 Å². The molecule has 0 heterocycles. The van der Waals surface area contributed by atoms with E-state index in [0.717, 1.165) is 5.56 Å². The molecule has 0 atom stereocenters. The standard InChI is InChI=1S/C13H11NO2/c15-12-8-4-7-11(13(12)16)14-9-10-5-2-1-3-6-10/h1-9,15-16H. The predicted molar refractivity (Wildman–Crippen MR) is 63.5 cm³/mol. The highest BCUT2D eigenvalue weighted by atomic mass is 16.3. The molecule has 2 N–H and O–H groups in total. The topological polar surface area (TPSA) is 52.8 Å². The smallest absolute Gasteiger partial charge is 0.183 e. The molecule has 0 aromatic heterocycles. The minimum atomic E-state index is -0.199. The Morgan fingerprint density at radius 1 is 0.875 bits per heavy atom. The molecule has 3 nitrogen and oxygen atoms in total. The Bertz CT molecular complexity index is 507. The Hall–Kier alpha value is -2.29. The summed E-state index contributed by atoms with van der Waals surface area (Å²) in [6, 6.07) is 14.2. The van der Waals surface area contributed by atoms with Gasteiger partial charge in [-0.3, -0.25) is 4.99 Å². The molecule has 2 rings (SSSR count). The number of rotatable bonds is 2. The van der Waals surface area contributed by atoms with Gasteiger partial charge in [-0.15, -0.1) is 0 Å². The molecule has 0 radical (unpaired) electrons. The number of aliphatic imine (C=N–C) groups is 1. The molecule has 0 saturated heterocycles. The van der Waals surface area contributed by atoms with Crippen LogP contribution in [0.4, 0.5) is 5.69 Å². The van der Waals surface area contributed by atoms with E-state index in [9.17, 15) is 10.2 Å². The first-order valence-electron chi connectivity index (χ1n) is 4.87. The van der Waals surface area contributed by atoms with E-state index >= 15 is 0 Å². The summed E-state index contributed by atoms with van der Waals surface area (Å²) >= 11 is 0. The predicted octanol–water partition coefficient (Wildman–Crippen LogP) is 2.85. The number of phenolic OH excluding ortho intramolecular Hbond substituents is 2. The Morgan fingerprint density at radius 2 is 1.62 bits per heavy atom. The van der Waals surface area contributed by atoms with Crippen LogP contribution in [0.25, 0.3) is 0 Å². The molecule has 0 aliphatic heterocycles. The molecule has 3 heteroatoms. The third-order valence-corrected chi connectivity index (χ3v) is 2.15. The first-order chi connectivity index (χ1) is 7.77. The van der Waals surface area contributed by atoms with Gasteiger partial charge in [0.2, 0.25) is 0 Å². The minimum absolute atomic E-state index is 0.164. The molecule has 0 saturated carbocycles. The van der Waals surface area contributed by atoms with Gasteiger partial charge in [0.25, 0.3) is 0 Å². The summed E-state index contributed by atoms with van der Waals surface area (Å²) < 4.78 is 0. The van der Waals surface area contributed by atoms with E-state index in [1.807, 2.05) is 30.3 Å². The average molecular weight is 213 g/mol. The summed E-state index contributed by atoms with van der Waals surface area (Å²) in [4.78, 5) is 4.10. The van der Waals surface area contributed by atoms with Gasteiger partial charge in [0.1, 0.15) is 5.69 Å². The Morgan fingerprint density at radius 3 is 2.38 bits per heavy atom. The van der Waals surface area contributed by atoms with E-state index in [4.69, 9.17) is 0 Å². The van der Waals surface area contributed by atoms with Gasteiger partial charge in [0.15, 0.2) is 11.5 Å². The van der Waals surface area contributed by atoms with Crippen LogP contribution in [0.15, 0.2) is 53.5 Å². The molecule has 0 aliphatic rings. The third-order valence-electron chi connectivity index (χ3n) is 2.15. The normalized spacial score (nSPS) is 10.8. The fraction of sp³-hybridized carbons (Fsp3) is 0. The second kappa shape index (κ2) is 4.49. The summed E-state index contributed by atoms with van der Waals surface area (Å²) in [7, 11) is 0. The van der Waals surface area contributed by atoms with Gasteiger partial charge in [0.05, 0.1) is 0 Å². The number of hydrogen-bond donors (Lipinski definition) is 2. The van der Waals surface area contributed by atoms with Crippen LogP contribution in [0, 0.1) is 0 Å². The van der Waals surface area contributed by atoms with Gasteiger partial charge < -0.3 is 10.2 Å². The fourth-order valence-corrected chi connectivity index (χ4v) is 1.31. The lowest BCUT2D eigenvalue weighted by Gasteiger charge is -2.00. The number of aromatic hydroxyl groups is 2. The maximum absolute atomic E-state index is 9.51. The number of hydrogen-bond acceptors (Lipinski definition) is 3. The summed E-state index contributed by atoms with van der Waals surface area (Å²) in [6.07, 6.45) is 1.63. The maximum atomic E-state index is 9.51. The monoisotopic (exact) mass is 213 g/mol. The SMILES string of the molecule is Oc1cccc(N=Cc2ccccc2)c1O. The fourth-order valence-electron chi connectivity index (χ4n) is 1.31. The molecular weight excluding hydrogens is 202 g/mol. The highest BCUT2D eigenvalue weighted by Crippen LogP contribution is 2.34. The molecule has 0 spiro atoms. The highest BCUT2D eigenvalue weighted by molar-refractivity contribution is 5.82. The maximum Gasteiger partial charge on any atom is 0.183 e. The molecule has 0 aliphatic carbocycles. The Balaban J connectivity index is 2.28. The number of nitrogens with zero attached hydrogens (tertiary/aromatic N) is 1. The van der Waals surface area contributed by atoms with E-state index in [1.54, 1.807) is 18.3 Å². The molecule has 0 unspecified atom stereocenters. The molecule has 2 aromatic rings. The van der Waals surface area contributed by atoms with Crippen LogP contribution in [0.5, 0.6) is 11.5 Å². The van der Waals surface area contributed by atoms with Gasteiger partial charge >= 0.3 is 0 Å². The quantitative estimate of drug-likeness (QED) is 0.595. The molecule has 0 bridgehead atoms. The van der Waals surface area contributed by atoms with E-state index in [0.29, 0.717) is 5.69 Å². The molecule has 0 amide bonds. The largest absolute Gasteiger partial charge is 0.504 e. The number of benzene rings is 2. The van der Waals surface area contributed by atoms with E-state index in [-0.39, 0.29) is 11.5 Å². The van der Waals surface area contributed by atoms with Crippen LogP contribution in [0.3, 0.4) is 0 Å². The zero-order chi connectivity index (χ0) is 11.4. The third kappa shape index (κ3) is 2.20. The minimum Gasteiger partial charge on any atom is -0.504 e. The van der Waals surface area contributed by atoms with Gasteiger partial charge in [-0.05, 0) is 17.7 Å². The zero-order valence-electron chi connectivity index (χ0n) is 8.54. The molecule has 80 valence electrons. The number of phenols is 2. The van der Waals surface area contributed by atoms with Crippen LogP contribution in [-0.4, -0.2) is 16.4 Å². The van der Waals surface area contributed by atoms with Crippen molar-refractivity contribution in [3.63, 3.8) is 0 Å².